The second kappa shape index (κ2) is 5.26. The Kier molecular flexibility index (Phi) is 4.14. The van der Waals surface area contributed by atoms with Crippen LogP contribution in [0.1, 0.15) is 10.4 Å². The number of nitrogens with zero attached hydrogens (tertiary/aromatic N) is 2. The van der Waals surface area contributed by atoms with Crippen LogP contribution in [0.3, 0.4) is 0 Å². The quantitative estimate of drug-likeness (QED) is 0.481. The Labute approximate surface area is 108 Å². The van der Waals surface area contributed by atoms with E-state index in [4.69, 9.17) is 11.6 Å². The zero-order chi connectivity index (χ0) is 14.8. The van der Waals surface area contributed by atoms with Crippen LogP contribution in [0.15, 0.2) is 6.07 Å². The van der Waals surface area contributed by atoms with E-state index in [-0.39, 0.29) is 0 Å². The van der Waals surface area contributed by atoms with E-state index in [9.17, 15) is 28.1 Å². The molecule has 0 unspecified atom stereocenters. The van der Waals surface area contributed by atoms with Gasteiger partial charge in [-0.15, -0.1) is 13.2 Å². The normalized spacial score (nSPS) is 11.0. The van der Waals surface area contributed by atoms with E-state index in [2.05, 4.69) is 14.5 Å². The van der Waals surface area contributed by atoms with Crippen molar-refractivity contribution in [2.45, 2.75) is 6.36 Å². The molecule has 0 aliphatic heterocycles. The van der Waals surface area contributed by atoms with Crippen LogP contribution in [-0.4, -0.2) is 28.6 Å². The van der Waals surface area contributed by atoms with Gasteiger partial charge in [0, 0.05) is 11.1 Å². The number of pyridine rings is 1. The average Bonchev–Trinajstić information content (AvgIpc) is 2.25. The molecule has 1 rings (SSSR count). The highest BCUT2D eigenvalue weighted by Crippen LogP contribution is 2.35. The Hall–Kier alpha value is -2.10. The average molecular weight is 301 g/mol. The van der Waals surface area contributed by atoms with Gasteiger partial charge >= 0.3 is 18.1 Å². The molecular weight excluding hydrogens is 297 g/mol. The third kappa shape index (κ3) is 3.68. The summed E-state index contributed by atoms with van der Waals surface area (Å²) in [4.78, 5) is 23.5. The van der Waals surface area contributed by atoms with E-state index in [1.165, 1.54) is 0 Å². The van der Waals surface area contributed by atoms with Crippen molar-refractivity contribution < 1.29 is 32.4 Å². The third-order valence-corrected chi connectivity index (χ3v) is 1.94. The number of methoxy groups -OCH3 is 1. The maximum Gasteiger partial charge on any atom is 0.573 e. The van der Waals surface area contributed by atoms with Gasteiger partial charge in [0.25, 0.3) is 5.24 Å². The Morgan fingerprint density at radius 2 is 2.11 bits per heavy atom. The number of halogens is 4. The number of alkyl halides is 3. The lowest BCUT2D eigenvalue weighted by atomic mass is 10.2. The van der Waals surface area contributed by atoms with Crippen molar-refractivity contribution in [3.63, 3.8) is 0 Å². The zero-order valence-corrected chi connectivity index (χ0v) is 9.78. The maximum atomic E-state index is 12.1. The van der Waals surface area contributed by atoms with Gasteiger partial charge in [0.1, 0.15) is 5.56 Å². The highest BCUT2D eigenvalue weighted by atomic mass is 35.5. The van der Waals surface area contributed by atoms with E-state index >= 15 is 0 Å². The molecule has 19 heavy (non-hydrogen) atoms. The molecule has 0 aromatic carbocycles. The summed E-state index contributed by atoms with van der Waals surface area (Å²) in [6.45, 7) is 0. The number of nitro groups is 1. The molecule has 0 amide bonds. The first kappa shape index (κ1) is 15.0. The summed E-state index contributed by atoms with van der Waals surface area (Å²) in [5.41, 5.74) is -0.589. The number of hydrogen-bond acceptors (Lipinski definition) is 6. The fourth-order valence-corrected chi connectivity index (χ4v) is 1.23. The summed E-state index contributed by atoms with van der Waals surface area (Å²) >= 11 is 5.10. The lowest BCUT2D eigenvalue weighted by molar-refractivity contribution is -0.393. The molecule has 1 aromatic rings. The smallest absolute Gasteiger partial charge is 0.462 e. The molecule has 0 N–H and O–H groups in total. The van der Waals surface area contributed by atoms with Gasteiger partial charge in [0.15, 0.2) is 0 Å². The summed E-state index contributed by atoms with van der Waals surface area (Å²) in [5, 5.41) is 9.38. The van der Waals surface area contributed by atoms with Gasteiger partial charge < -0.3 is 19.6 Å². The molecule has 104 valence electrons. The molecule has 0 radical (unpaired) electrons. The number of aromatic nitrogens is 1. The molecule has 0 fully saturated rings. The summed E-state index contributed by atoms with van der Waals surface area (Å²) in [6, 6.07) is 0.437. The summed E-state index contributed by atoms with van der Waals surface area (Å²) < 4.78 is 44.2. The number of ether oxygens (including phenoxy) is 2. The topological polar surface area (TPSA) is 91.6 Å². The van der Waals surface area contributed by atoms with Gasteiger partial charge in [-0.2, -0.15) is 0 Å². The van der Waals surface area contributed by atoms with Crippen LogP contribution in [0.2, 0.25) is 0 Å². The number of hydrogen-bond donors (Lipinski definition) is 0. The van der Waals surface area contributed by atoms with Crippen molar-refractivity contribution in [1.29, 1.82) is 0 Å². The van der Waals surface area contributed by atoms with Crippen LogP contribution in [0.25, 0.3) is 0 Å². The third-order valence-electron chi connectivity index (χ3n) is 1.74. The van der Waals surface area contributed by atoms with Crippen molar-refractivity contribution in [2.24, 2.45) is 0 Å². The van der Waals surface area contributed by atoms with Gasteiger partial charge in [-0.1, -0.05) is 0 Å². The van der Waals surface area contributed by atoms with Gasteiger partial charge in [0.2, 0.25) is 5.75 Å². The predicted octanol–water partition coefficient (Wildman–Crippen LogP) is 2.28. The number of rotatable bonds is 4. The minimum Gasteiger partial charge on any atom is -0.462 e. The first-order valence-corrected chi connectivity index (χ1v) is 4.72. The minimum absolute atomic E-state index is 0.437. The van der Waals surface area contributed by atoms with Crippen molar-refractivity contribution in [2.75, 3.05) is 7.11 Å². The molecule has 11 heteroatoms. The number of carbonyl (C=O) groups excluding carboxylic acids is 1. The van der Waals surface area contributed by atoms with Crippen molar-refractivity contribution in [1.82, 2.24) is 4.98 Å². The van der Waals surface area contributed by atoms with Crippen molar-refractivity contribution in [3.8, 4) is 11.6 Å². The Bertz CT molecular complexity index is 534. The zero-order valence-electron chi connectivity index (χ0n) is 9.02. The van der Waals surface area contributed by atoms with Gasteiger partial charge in [-0.05, 0) is 16.5 Å². The maximum absolute atomic E-state index is 12.1. The van der Waals surface area contributed by atoms with Crippen LogP contribution in [0.5, 0.6) is 11.6 Å². The van der Waals surface area contributed by atoms with Gasteiger partial charge in [-0.3, -0.25) is 4.79 Å². The van der Waals surface area contributed by atoms with Crippen LogP contribution >= 0.6 is 11.6 Å². The SMILES string of the molecule is COc1nc([N+](=O)[O-])c(OC(F)(F)F)cc1C(=O)Cl. The Balaban J connectivity index is 3.45. The van der Waals surface area contributed by atoms with Crippen LogP contribution in [0, 0.1) is 10.1 Å². The number of carbonyl (C=O) groups is 1. The highest BCUT2D eigenvalue weighted by Gasteiger charge is 2.37. The first-order valence-electron chi connectivity index (χ1n) is 4.34. The molecular formula is C8H4ClF3N2O5. The Morgan fingerprint density at radius 3 is 2.47 bits per heavy atom. The second-order valence-electron chi connectivity index (χ2n) is 2.95. The molecule has 1 aromatic heterocycles. The fourth-order valence-electron chi connectivity index (χ4n) is 1.10. The molecule has 0 aliphatic rings. The molecule has 0 atom stereocenters. The van der Waals surface area contributed by atoms with E-state index in [1.54, 1.807) is 0 Å². The lowest BCUT2D eigenvalue weighted by Crippen LogP contribution is -2.19. The van der Waals surface area contributed by atoms with Crippen molar-refractivity contribution >= 4 is 22.7 Å². The minimum atomic E-state index is -5.19. The van der Waals surface area contributed by atoms with E-state index in [0.717, 1.165) is 7.11 Å². The summed E-state index contributed by atoms with van der Waals surface area (Å²) in [7, 11) is 1.01. The molecule has 0 saturated carbocycles. The molecule has 1 heterocycles. The summed E-state index contributed by atoms with van der Waals surface area (Å²) in [5.74, 6) is -3.10. The van der Waals surface area contributed by atoms with E-state index in [0.29, 0.717) is 6.07 Å². The van der Waals surface area contributed by atoms with E-state index in [1.807, 2.05) is 0 Å². The lowest BCUT2D eigenvalue weighted by Gasteiger charge is -2.09. The molecule has 0 aliphatic carbocycles. The molecule has 7 nitrogen and oxygen atoms in total. The molecule has 0 spiro atoms. The first-order chi connectivity index (χ1) is 8.65. The van der Waals surface area contributed by atoms with Crippen LogP contribution in [-0.2, 0) is 0 Å². The van der Waals surface area contributed by atoms with Gasteiger partial charge in [-0.25, -0.2) is 0 Å². The van der Waals surface area contributed by atoms with Crippen LogP contribution in [0.4, 0.5) is 19.0 Å². The standard InChI is InChI=1S/C8H4ClF3N2O5/c1-18-7-3(5(9)15)2-4(19-8(10,11)12)6(13-7)14(16)17/h2H,1H3. The molecule has 0 bridgehead atoms. The van der Waals surface area contributed by atoms with Crippen LogP contribution < -0.4 is 9.47 Å². The fraction of sp³-hybridized carbons (Fsp3) is 0.250. The highest BCUT2D eigenvalue weighted by molar-refractivity contribution is 6.68. The van der Waals surface area contributed by atoms with Crippen molar-refractivity contribution in [3.05, 3.63) is 21.7 Å². The van der Waals surface area contributed by atoms with E-state index < -0.39 is 39.5 Å². The molecule has 0 saturated heterocycles. The van der Waals surface area contributed by atoms with Gasteiger partial charge in [0.05, 0.1) is 7.11 Å². The predicted molar refractivity (Wildman–Crippen MR) is 54.3 cm³/mol. The largest absolute Gasteiger partial charge is 0.573 e. The summed E-state index contributed by atoms with van der Waals surface area (Å²) in [6.07, 6.45) is -5.19. The Morgan fingerprint density at radius 1 is 1.53 bits per heavy atom. The monoisotopic (exact) mass is 300 g/mol. The second-order valence-corrected chi connectivity index (χ2v) is 3.29.